The van der Waals surface area contributed by atoms with Gasteiger partial charge < -0.3 is 14.4 Å². The second-order valence-electron chi connectivity index (χ2n) is 3.43. The van der Waals surface area contributed by atoms with E-state index in [1.54, 1.807) is 12.5 Å². The van der Waals surface area contributed by atoms with Crippen LogP contribution in [-0.4, -0.2) is 19.7 Å². The molecule has 0 unspecified atom stereocenters. The van der Waals surface area contributed by atoms with Gasteiger partial charge in [-0.15, -0.1) is 0 Å². The Morgan fingerprint density at radius 3 is 3.18 bits per heavy atom. The van der Waals surface area contributed by atoms with Crippen LogP contribution in [0.25, 0.3) is 0 Å². The summed E-state index contributed by atoms with van der Waals surface area (Å²) < 4.78 is 6.89. The van der Waals surface area contributed by atoms with Crippen molar-refractivity contribution < 1.29 is 4.52 Å². The Balaban J connectivity index is 1.99. The van der Waals surface area contributed by atoms with Gasteiger partial charge in [0, 0.05) is 12.7 Å². The third-order valence-electron chi connectivity index (χ3n) is 2.32. The zero-order valence-corrected chi connectivity index (χ0v) is 10.1. The summed E-state index contributed by atoms with van der Waals surface area (Å²) in [6.45, 7) is 3.43. The number of nitrogens with zero attached hydrogens (tertiary/aromatic N) is 2. The lowest BCUT2D eigenvalue weighted by molar-refractivity contribution is 0.406. The first-order chi connectivity index (χ1) is 8.20. The number of rotatable bonds is 4. The van der Waals surface area contributed by atoms with Crippen molar-refractivity contribution in [2.75, 3.05) is 0 Å². The molecular formula is C10H12N4O2S. The van der Waals surface area contributed by atoms with Crippen LogP contribution in [0.4, 0.5) is 0 Å². The largest absolute Gasteiger partial charge is 0.376 e. The number of nitrogens with one attached hydrogen (secondary N) is 2. The molecule has 0 saturated carbocycles. The molecule has 0 bridgehead atoms. The quantitative estimate of drug-likeness (QED) is 0.781. The maximum Gasteiger partial charge on any atom is 0.280 e. The molecule has 2 aromatic heterocycles. The summed E-state index contributed by atoms with van der Waals surface area (Å²) in [6.07, 6.45) is 3.53. The summed E-state index contributed by atoms with van der Waals surface area (Å²) >= 11 is 5.09. The third-order valence-corrected chi connectivity index (χ3v) is 2.66. The Labute approximate surface area is 103 Å². The highest BCUT2D eigenvalue weighted by Crippen LogP contribution is 2.00. The molecule has 0 aliphatic carbocycles. The van der Waals surface area contributed by atoms with Crippen molar-refractivity contribution in [1.29, 1.82) is 0 Å². The first-order valence-electron chi connectivity index (χ1n) is 5.16. The highest BCUT2D eigenvalue weighted by atomic mass is 32.1. The molecule has 2 N–H and O–H groups in total. The Bertz CT molecular complexity index is 569. The molecule has 2 rings (SSSR count). The number of H-pyrrole nitrogens is 1. The van der Waals surface area contributed by atoms with Crippen LogP contribution in [0.2, 0.25) is 0 Å². The van der Waals surface area contributed by atoms with Gasteiger partial charge in [-0.25, -0.2) is 4.98 Å². The van der Waals surface area contributed by atoms with Crippen LogP contribution in [0.3, 0.4) is 0 Å². The fraction of sp³-hybridized carbons (Fsp3) is 0.300. The Morgan fingerprint density at radius 1 is 1.71 bits per heavy atom. The van der Waals surface area contributed by atoms with E-state index in [1.165, 1.54) is 6.07 Å². The molecule has 0 spiro atoms. The molecule has 0 radical (unpaired) electrons. The van der Waals surface area contributed by atoms with Crippen molar-refractivity contribution in [2.24, 2.45) is 0 Å². The van der Waals surface area contributed by atoms with Crippen molar-refractivity contribution in [2.45, 2.75) is 20.0 Å². The van der Waals surface area contributed by atoms with Crippen molar-refractivity contribution in [3.05, 3.63) is 40.4 Å². The average Bonchev–Trinajstić information content (AvgIpc) is 2.94. The van der Waals surface area contributed by atoms with Crippen molar-refractivity contribution >= 4 is 17.2 Å². The first-order valence-corrected chi connectivity index (χ1v) is 5.57. The van der Waals surface area contributed by atoms with Gasteiger partial charge in [0.1, 0.15) is 4.99 Å². The predicted octanol–water partition coefficient (Wildman–Crippen LogP) is 0.650. The minimum atomic E-state index is -0.303. The fourth-order valence-corrected chi connectivity index (χ4v) is 1.61. The number of aromatic nitrogens is 3. The number of aryl methyl sites for hydroxylation is 1. The summed E-state index contributed by atoms with van der Waals surface area (Å²) in [4.78, 5) is 15.3. The van der Waals surface area contributed by atoms with Gasteiger partial charge in [0.25, 0.3) is 5.56 Å². The normalized spacial score (nSPS) is 10.4. The molecule has 0 aromatic carbocycles. The zero-order chi connectivity index (χ0) is 12.3. The van der Waals surface area contributed by atoms with Crippen LogP contribution in [0, 0.1) is 0 Å². The van der Waals surface area contributed by atoms with Gasteiger partial charge in [-0.05, 0) is 6.92 Å². The summed E-state index contributed by atoms with van der Waals surface area (Å²) in [5, 5.41) is 5.20. The maximum absolute atomic E-state index is 10.9. The zero-order valence-electron chi connectivity index (χ0n) is 9.27. The Morgan fingerprint density at radius 2 is 2.53 bits per heavy atom. The molecule has 2 heterocycles. The van der Waals surface area contributed by atoms with Crippen molar-refractivity contribution in [1.82, 2.24) is 20.0 Å². The van der Waals surface area contributed by atoms with Crippen LogP contribution in [0.1, 0.15) is 18.4 Å². The smallest absolute Gasteiger partial charge is 0.280 e. The van der Waals surface area contributed by atoms with Gasteiger partial charge in [0.2, 0.25) is 0 Å². The van der Waals surface area contributed by atoms with E-state index in [0.717, 1.165) is 12.2 Å². The van der Waals surface area contributed by atoms with Gasteiger partial charge in [0.05, 0.1) is 24.6 Å². The van der Waals surface area contributed by atoms with Crippen LogP contribution in [0.15, 0.2) is 27.9 Å². The van der Waals surface area contributed by atoms with Crippen LogP contribution in [-0.2, 0) is 13.1 Å². The molecule has 7 heteroatoms. The van der Waals surface area contributed by atoms with Gasteiger partial charge in [-0.2, -0.15) is 5.16 Å². The predicted molar refractivity (Wildman–Crippen MR) is 65.8 cm³/mol. The lowest BCUT2D eigenvalue weighted by Crippen LogP contribution is -2.22. The van der Waals surface area contributed by atoms with Crippen LogP contribution < -0.4 is 10.9 Å². The topological polar surface area (TPSA) is 75.8 Å². The Kier molecular flexibility index (Phi) is 3.38. The molecule has 0 aliphatic rings. The number of hydrogen-bond donors (Lipinski definition) is 2. The van der Waals surface area contributed by atoms with E-state index in [0.29, 0.717) is 17.3 Å². The van der Waals surface area contributed by atoms with E-state index in [4.69, 9.17) is 16.7 Å². The molecular weight excluding hydrogens is 240 g/mol. The first kappa shape index (κ1) is 11.6. The average molecular weight is 252 g/mol. The Hall–Kier alpha value is -1.89. The van der Waals surface area contributed by atoms with Gasteiger partial charge in [0.15, 0.2) is 5.76 Å². The monoisotopic (exact) mass is 252 g/mol. The molecule has 6 nitrogen and oxygen atoms in total. The number of hydrogen-bond acceptors (Lipinski definition) is 4. The summed E-state index contributed by atoms with van der Waals surface area (Å²) in [5.74, 6) is 0.340. The van der Waals surface area contributed by atoms with E-state index >= 15 is 0 Å². The van der Waals surface area contributed by atoms with E-state index in [-0.39, 0.29) is 5.56 Å². The lowest BCUT2D eigenvalue weighted by Gasteiger charge is -2.07. The van der Waals surface area contributed by atoms with Crippen molar-refractivity contribution in [3.63, 3.8) is 0 Å². The third kappa shape index (κ3) is 2.62. The molecule has 0 saturated heterocycles. The summed E-state index contributed by atoms with van der Waals surface area (Å²) in [7, 11) is 0. The number of aromatic amines is 1. The van der Waals surface area contributed by atoms with Crippen molar-refractivity contribution in [3.8, 4) is 0 Å². The summed E-state index contributed by atoms with van der Waals surface area (Å²) in [6, 6.07) is 1.31. The molecule has 0 atom stereocenters. The SMILES string of the molecule is CCn1cncc1CNC(=S)c1cc(=O)[nH]o1. The number of imidazole rings is 1. The van der Waals surface area contributed by atoms with E-state index in [1.807, 2.05) is 11.5 Å². The van der Waals surface area contributed by atoms with Gasteiger partial charge in [-0.3, -0.25) is 4.79 Å². The van der Waals surface area contributed by atoms with E-state index < -0.39 is 0 Å². The minimum absolute atomic E-state index is 0.303. The van der Waals surface area contributed by atoms with Gasteiger partial charge in [-0.1, -0.05) is 12.2 Å². The van der Waals surface area contributed by atoms with Crippen LogP contribution >= 0.6 is 12.2 Å². The molecule has 2 aromatic rings. The van der Waals surface area contributed by atoms with Crippen LogP contribution in [0.5, 0.6) is 0 Å². The highest BCUT2D eigenvalue weighted by molar-refractivity contribution is 7.80. The molecule has 0 amide bonds. The van der Waals surface area contributed by atoms with E-state index in [2.05, 4.69) is 15.5 Å². The molecule has 90 valence electrons. The number of thiocarbonyl (C=S) groups is 1. The summed E-state index contributed by atoms with van der Waals surface area (Å²) in [5.41, 5.74) is 0.718. The minimum Gasteiger partial charge on any atom is -0.376 e. The van der Waals surface area contributed by atoms with Gasteiger partial charge >= 0.3 is 0 Å². The standard InChI is InChI=1S/C10H12N4O2S/c1-2-14-6-11-4-7(14)5-12-10(17)8-3-9(15)13-16-8/h3-4,6H,2,5H2,1H3,(H,12,17)(H,13,15). The highest BCUT2D eigenvalue weighted by Gasteiger charge is 2.07. The second-order valence-corrected chi connectivity index (χ2v) is 3.84. The molecule has 17 heavy (non-hydrogen) atoms. The fourth-order valence-electron chi connectivity index (χ4n) is 1.43. The lowest BCUT2D eigenvalue weighted by atomic mass is 10.4. The molecule has 0 aliphatic heterocycles. The van der Waals surface area contributed by atoms with E-state index in [9.17, 15) is 4.79 Å². The second kappa shape index (κ2) is 4.96. The maximum atomic E-state index is 10.9. The molecule has 0 fully saturated rings.